The number of rotatable bonds is 3. The average molecular weight is 490 g/mol. The van der Waals surface area contributed by atoms with E-state index < -0.39 is 41.6 Å². The van der Waals surface area contributed by atoms with Gasteiger partial charge in [-0.3, -0.25) is 19.4 Å². The lowest BCUT2D eigenvalue weighted by Gasteiger charge is -2.30. The highest BCUT2D eigenvalue weighted by Gasteiger charge is 2.64. The van der Waals surface area contributed by atoms with Gasteiger partial charge in [0, 0.05) is 21.9 Å². The Morgan fingerprint density at radius 2 is 1.62 bits per heavy atom. The first-order chi connectivity index (χ1) is 15.4. The van der Waals surface area contributed by atoms with E-state index in [1.54, 1.807) is 42.5 Å². The van der Waals surface area contributed by atoms with Crippen LogP contribution in [0.5, 0.6) is 0 Å². The number of allylic oxidation sites excluding steroid dienone is 1. The van der Waals surface area contributed by atoms with Crippen molar-refractivity contribution in [2.45, 2.75) is 12.1 Å². The van der Waals surface area contributed by atoms with Gasteiger partial charge in [0.15, 0.2) is 0 Å². The van der Waals surface area contributed by atoms with Gasteiger partial charge in [-0.15, -0.1) is 0 Å². The Bertz CT molecular complexity index is 1200. The molecule has 3 heterocycles. The van der Waals surface area contributed by atoms with Crippen LogP contribution in [0.1, 0.15) is 0 Å². The van der Waals surface area contributed by atoms with E-state index in [1.807, 2.05) is 0 Å². The third kappa shape index (κ3) is 3.28. The zero-order valence-corrected chi connectivity index (χ0v) is 18.6. The molecule has 2 aromatic rings. The van der Waals surface area contributed by atoms with Gasteiger partial charge in [0.2, 0.25) is 17.7 Å². The van der Waals surface area contributed by atoms with Gasteiger partial charge in [-0.25, -0.2) is 4.90 Å². The normalized spacial score (nSPS) is 25.8. The van der Waals surface area contributed by atoms with Crippen molar-refractivity contribution in [1.29, 1.82) is 0 Å². The molecule has 0 aromatic heterocycles. The van der Waals surface area contributed by atoms with Crippen molar-refractivity contribution in [2.24, 2.45) is 16.9 Å². The summed E-state index contributed by atoms with van der Waals surface area (Å²) in [6, 6.07) is 9.65. The van der Waals surface area contributed by atoms with E-state index in [2.05, 4.69) is 10.4 Å². The average Bonchev–Trinajstić information content (AvgIpc) is 3.23. The number of carbonyl (C=O) groups excluding carboxylic acids is 3. The number of hydrazone groups is 1. The molecular formula is C22H15Cl3N4O3. The van der Waals surface area contributed by atoms with Gasteiger partial charge in [0.05, 0.1) is 28.6 Å². The predicted molar refractivity (Wildman–Crippen MR) is 123 cm³/mol. The predicted octanol–water partition coefficient (Wildman–Crippen LogP) is 4.00. The first-order valence-corrected chi connectivity index (χ1v) is 10.9. The molecule has 0 bridgehead atoms. The first kappa shape index (κ1) is 21.0. The van der Waals surface area contributed by atoms with Crippen molar-refractivity contribution in [1.82, 2.24) is 5.01 Å². The number of amides is 3. The van der Waals surface area contributed by atoms with Crippen LogP contribution in [0.4, 0.5) is 11.4 Å². The van der Waals surface area contributed by atoms with E-state index in [0.29, 0.717) is 15.7 Å². The smallest absolute Gasteiger partial charge is 0.249 e. The molecule has 0 saturated carbocycles. The zero-order chi connectivity index (χ0) is 22.6. The van der Waals surface area contributed by atoms with Crippen LogP contribution in [0.3, 0.4) is 0 Å². The Balaban J connectivity index is 1.52. The van der Waals surface area contributed by atoms with Crippen molar-refractivity contribution >= 4 is 70.1 Å². The van der Waals surface area contributed by atoms with Gasteiger partial charge >= 0.3 is 0 Å². The second-order valence-corrected chi connectivity index (χ2v) is 8.90. The molecule has 3 amide bonds. The van der Waals surface area contributed by atoms with E-state index in [0.717, 1.165) is 4.90 Å². The van der Waals surface area contributed by atoms with Gasteiger partial charge in [-0.2, -0.15) is 5.10 Å². The van der Waals surface area contributed by atoms with Crippen LogP contribution >= 0.6 is 34.8 Å². The Morgan fingerprint density at radius 3 is 2.34 bits per heavy atom. The van der Waals surface area contributed by atoms with Crippen molar-refractivity contribution in [2.75, 3.05) is 10.2 Å². The lowest BCUT2D eigenvalue weighted by atomic mass is 9.88. The molecule has 7 nitrogen and oxygen atoms in total. The van der Waals surface area contributed by atoms with Crippen LogP contribution in [0.2, 0.25) is 15.1 Å². The fraction of sp³-hybridized carbons (Fsp3) is 0.182. The molecule has 0 unspecified atom stereocenters. The number of halogens is 3. The number of hydrogen-bond donors (Lipinski definition) is 1. The van der Waals surface area contributed by atoms with Crippen molar-refractivity contribution < 1.29 is 14.4 Å². The van der Waals surface area contributed by atoms with Crippen LogP contribution in [0.25, 0.3) is 0 Å². The highest BCUT2D eigenvalue weighted by molar-refractivity contribution is 6.38. The zero-order valence-electron chi connectivity index (χ0n) is 16.3. The van der Waals surface area contributed by atoms with Crippen molar-refractivity contribution in [3.8, 4) is 0 Å². The minimum Gasteiger partial charge on any atom is -0.324 e. The summed E-state index contributed by atoms with van der Waals surface area (Å²) >= 11 is 18.2. The summed E-state index contributed by atoms with van der Waals surface area (Å²) in [5, 5.41) is 9.72. The van der Waals surface area contributed by atoms with E-state index in [4.69, 9.17) is 34.8 Å². The lowest BCUT2D eigenvalue weighted by molar-refractivity contribution is -0.129. The second-order valence-electron chi connectivity index (χ2n) is 7.62. The number of nitrogens with one attached hydrogen (secondary N) is 1. The molecule has 0 spiro atoms. The van der Waals surface area contributed by atoms with Gasteiger partial charge in [-0.1, -0.05) is 40.9 Å². The minimum atomic E-state index is -0.977. The molecule has 4 atom stereocenters. The number of benzene rings is 2. The summed E-state index contributed by atoms with van der Waals surface area (Å²) in [5.74, 6) is -3.07. The molecule has 2 fully saturated rings. The van der Waals surface area contributed by atoms with E-state index in [-0.39, 0.29) is 10.7 Å². The Hall–Kier alpha value is -2.87. The molecule has 162 valence electrons. The number of imide groups is 1. The van der Waals surface area contributed by atoms with Crippen LogP contribution in [-0.4, -0.2) is 41.0 Å². The number of nitrogens with zero attached hydrogens (tertiary/aromatic N) is 3. The van der Waals surface area contributed by atoms with Crippen molar-refractivity contribution in [3.63, 3.8) is 0 Å². The topological polar surface area (TPSA) is 82.1 Å². The number of anilines is 2. The fourth-order valence-corrected chi connectivity index (χ4v) is 5.11. The van der Waals surface area contributed by atoms with Gasteiger partial charge < -0.3 is 5.32 Å². The summed E-state index contributed by atoms with van der Waals surface area (Å²) in [4.78, 5) is 41.3. The highest BCUT2D eigenvalue weighted by atomic mass is 35.5. The summed E-state index contributed by atoms with van der Waals surface area (Å²) in [5.41, 5.74) is 0.762. The monoisotopic (exact) mass is 488 g/mol. The fourth-order valence-electron chi connectivity index (χ4n) is 4.49. The van der Waals surface area contributed by atoms with E-state index in [9.17, 15) is 14.4 Å². The lowest BCUT2D eigenvalue weighted by Crippen LogP contribution is -2.47. The van der Waals surface area contributed by atoms with Gasteiger partial charge in [-0.05, 0) is 48.5 Å². The molecule has 2 aromatic carbocycles. The van der Waals surface area contributed by atoms with Crippen LogP contribution in [-0.2, 0) is 14.4 Å². The van der Waals surface area contributed by atoms with Crippen molar-refractivity contribution in [3.05, 3.63) is 69.7 Å². The molecule has 0 radical (unpaired) electrons. The van der Waals surface area contributed by atoms with Gasteiger partial charge in [0.25, 0.3) is 0 Å². The van der Waals surface area contributed by atoms with E-state index in [1.165, 1.54) is 23.4 Å². The Labute approximate surface area is 198 Å². The molecular weight excluding hydrogens is 475 g/mol. The summed E-state index contributed by atoms with van der Waals surface area (Å²) in [7, 11) is 0. The third-order valence-electron chi connectivity index (χ3n) is 5.82. The standard InChI is InChI=1S/C22H15Cl3N4O3/c23-11-3-6-13(7-4-11)27-20(30)19-18-17(16-2-1-9-26-29(16)19)21(31)28(22(18)32)15-8-5-12(24)10-14(15)25/h1-10,16-19H,(H,27,30)/t16-,17-,18+,19-/m1/s1. The quantitative estimate of drug-likeness (QED) is 0.661. The Morgan fingerprint density at radius 1 is 0.938 bits per heavy atom. The largest absolute Gasteiger partial charge is 0.324 e. The summed E-state index contributed by atoms with van der Waals surface area (Å²) < 4.78 is 0. The number of fused-ring (bicyclic) bond motifs is 3. The summed E-state index contributed by atoms with van der Waals surface area (Å²) in [6.07, 6.45) is 5.01. The molecule has 5 rings (SSSR count). The molecule has 0 aliphatic carbocycles. The van der Waals surface area contributed by atoms with Crippen LogP contribution in [0.15, 0.2) is 59.7 Å². The summed E-state index contributed by atoms with van der Waals surface area (Å²) in [6.45, 7) is 0. The number of hydrogen-bond acceptors (Lipinski definition) is 5. The van der Waals surface area contributed by atoms with Gasteiger partial charge in [0.1, 0.15) is 6.04 Å². The molecule has 10 heteroatoms. The minimum absolute atomic E-state index is 0.176. The second kappa shape index (κ2) is 7.92. The molecule has 32 heavy (non-hydrogen) atoms. The van der Waals surface area contributed by atoms with Crippen LogP contribution < -0.4 is 10.2 Å². The SMILES string of the molecule is O=C(Nc1ccc(Cl)cc1)[C@H]1[C@H]2C(=O)N(c3ccc(Cl)cc3Cl)C(=O)[C@@H]2[C@H]2C=CC=NN21. The van der Waals surface area contributed by atoms with Crippen LogP contribution in [0, 0.1) is 11.8 Å². The maximum atomic E-state index is 13.5. The molecule has 3 aliphatic rings. The third-order valence-corrected chi connectivity index (χ3v) is 6.61. The Kier molecular flexibility index (Phi) is 5.20. The molecule has 3 aliphatic heterocycles. The highest BCUT2D eigenvalue weighted by Crippen LogP contribution is 2.46. The number of carbonyl (C=O) groups is 3. The maximum Gasteiger partial charge on any atom is 0.249 e. The molecule has 1 N–H and O–H groups in total. The first-order valence-electron chi connectivity index (χ1n) is 9.75. The van der Waals surface area contributed by atoms with E-state index >= 15 is 0 Å². The molecule has 2 saturated heterocycles. The maximum absolute atomic E-state index is 13.5.